The van der Waals surface area contributed by atoms with Gasteiger partial charge in [0.25, 0.3) is 5.91 Å². The van der Waals surface area contributed by atoms with Crippen LogP contribution in [0.3, 0.4) is 0 Å². The number of aryl methyl sites for hydroxylation is 1. The Labute approximate surface area is 188 Å². The van der Waals surface area contributed by atoms with Gasteiger partial charge in [-0.3, -0.25) is 9.69 Å². The molecular formula is C23H22F3N5O2. The van der Waals surface area contributed by atoms with Gasteiger partial charge in [0, 0.05) is 18.4 Å². The Balaban J connectivity index is 1.55. The second kappa shape index (κ2) is 8.58. The fraction of sp³-hybridized carbons (Fsp3) is 0.391. The van der Waals surface area contributed by atoms with Crippen molar-refractivity contribution in [2.75, 3.05) is 30.0 Å². The lowest BCUT2D eigenvalue weighted by atomic mass is 9.95. The minimum Gasteiger partial charge on any atom is -0.370 e. The van der Waals surface area contributed by atoms with Crippen LogP contribution in [-0.2, 0) is 35.1 Å². The molecule has 7 nitrogen and oxygen atoms in total. The number of ether oxygens (including phenoxy) is 1. The second-order valence-corrected chi connectivity index (χ2v) is 8.15. The van der Waals surface area contributed by atoms with Gasteiger partial charge in [0.05, 0.1) is 30.4 Å². The first-order valence-electron chi connectivity index (χ1n) is 10.9. The number of morpholine rings is 1. The summed E-state index contributed by atoms with van der Waals surface area (Å²) >= 11 is 0. The number of alkyl halides is 3. The van der Waals surface area contributed by atoms with Gasteiger partial charge in [0.15, 0.2) is 0 Å². The Hall–Kier alpha value is -3.27. The van der Waals surface area contributed by atoms with E-state index >= 15 is 0 Å². The fourth-order valence-corrected chi connectivity index (χ4v) is 4.35. The van der Waals surface area contributed by atoms with E-state index in [9.17, 15) is 18.0 Å². The Kier molecular flexibility index (Phi) is 5.61. The Morgan fingerprint density at radius 2 is 1.97 bits per heavy atom. The molecule has 2 aliphatic heterocycles. The van der Waals surface area contributed by atoms with E-state index in [1.165, 1.54) is 6.07 Å². The number of rotatable bonds is 1. The summed E-state index contributed by atoms with van der Waals surface area (Å²) in [7, 11) is 0. The summed E-state index contributed by atoms with van der Waals surface area (Å²) in [5.41, 5.74) is 0.959. The molecule has 1 aromatic carbocycles. The molecule has 2 bridgehead atoms. The molecule has 0 unspecified atom stereocenters. The summed E-state index contributed by atoms with van der Waals surface area (Å²) in [5, 5.41) is 3.89. The summed E-state index contributed by atoms with van der Waals surface area (Å²) < 4.78 is 46.1. The number of nitrogens with one attached hydrogen (secondary N) is 1. The zero-order chi connectivity index (χ0) is 23.0. The smallest absolute Gasteiger partial charge is 0.370 e. The van der Waals surface area contributed by atoms with Crippen molar-refractivity contribution in [2.45, 2.75) is 38.4 Å². The highest BCUT2D eigenvalue weighted by atomic mass is 19.4. The maximum Gasteiger partial charge on any atom is 0.416 e. The van der Waals surface area contributed by atoms with E-state index in [-0.39, 0.29) is 19.1 Å². The maximum atomic E-state index is 13.6. The van der Waals surface area contributed by atoms with Gasteiger partial charge >= 0.3 is 6.18 Å². The number of amides is 1. The second-order valence-electron chi connectivity index (χ2n) is 8.15. The van der Waals surface area contributed by atoms with Crippen molar-refractivity contribution in [1.29, 1.82) is 0 Å². The van der Waals surface area contributed by atoms with Gasteiger partial charge in [-0.2, -0.15) is 13.2 Å². The lowest BCUT2D eigenvalue weighted by molar-refractivity contribution is -0.138. The molecule has 2 aromatic heterocycles. The molecule has 1 N–H and O–H groups in total. The molecule has 5 rings (SSSR count). The van der Waals surface area contributed by atoms with Crippen LogP contribution in [0.1, 0.15) is 35.4 Å². The van der Waals surface area contributed by atoms with Gasteiger partial charge in [0.1, 0.15) is 24.1 Å². The lowest BCUT2D eigenvalue weighted by Crippen LogP contribution is -2.42. The van der Waals surface area contributed by atoms with E-state index in [2.05, 4.69) is 20.3 Å². The SMILES string of the molecule is O=C1COCCN1c1cc2c3nc(nc2cn1)CCCCc1c(cccc1C(F)(F)F)CN3. The molecular weight excluding hydrogens is 435 g/mol. The van der Waals surface area contributed by atoms with Crippen LogP contribution in [-0.4, -0.2) is 40.6 Å². The van der Waals surface area contributed by atoms with Gasteiger partial charge in [-0.1, -0.05) is 12.1 Å². The monoisotopic (exact) mass is 457 g/mol. The van der Waals surface area contributed by atoms with Crippen LogP contribution in [0.15, 0.2) is 30.5 Å². The predicted octanol–water partition coefficient (Wildman–Crippen LogP) is 3.90. The average molecular weight is 457 g/mol. The maximum absolute atomic E-state index is 13.6. The molecule has 2 aliphatic rings. The lowest BCUT2D eigenvalue weighted by Gasteiger charge is -2.26. The minimum absolute atomic E-state index is 0.00140. The molecule has 0 atom stereocenters. The van der Waals surface area contributed by atoms with Crippen LogP contribution in [0.25, 0.3) is 10.9 Å². The normalized spacial score (nSPS) is 17.3. The largest absolute Gasteiger partial charge is 0.416 e. The van der Waals surface area contributed by atoms with E-state index < -0.39 is 11.7 Å². The van der Waals surface area contributed by atoms with Gasteiger partial charge in [-0.25, -0.2) is 15.0 Å². The standard InChI is InChI=1S/C23H22F3N5O2/c24-23(25,26)17-6-3-4-14-11-28-22-16-10-20(31-8-9-33-13-21(31)32)27-12-18(16)29-19(30-22)7-2-1-5-15(14)17/h3-4,6,10,12H,1-2,5,7-9,11,13H2,(H,28,29,30). The zero-order valence-electron chi connectivity index (χ0n) is 17.8. The summed E-state index contributed by atoms with van der Waals surface area (Å²) in [5.74, 6) is 1.42. The first-order chi connectivity index (χ1) is 15.9. The first-order valence-corrected chi connectivity index (χ1v) is 10.9. The van der Waals surface area contributed by atoms with Crippen molar-refractivity contribution in [3.05, 3.63) is 53.0 Å². The molecule has 172 valence electrons. The van der Waals surface area contributed by atoms with Gasteiger partial charge < -0.3 is 10.1 Å². The van der Waals surface area contributed by atoms with Crippen molar-refractivity contribution in [3.63, 3.8) is 0 Å². The summed E-state index contributed by atoms with van der Waals surface area (Å²) in [4.78, 5) is 27.5. The van der Waals surface area contributed by atoms with E-state index in [0.29, 0.717) is 78.3 Å². The summed E-state index contributed by atoms with van der Waals surface area (Å²) in [6.07, 6.45) is -0.623. The fourth-order valence-electron chi connectivity index (χ4n) is 4.35. The number of hydrogen-bond donors (Lipinski definition) is 1. The number of halogens is 3. The van der Waals surface area contributed by atoms with Crippen LogP contribution in [0, 0.1) is 0 Å². The number of fused-ring (bicyclic) bond motifs is 5. The first kappa shape index (κ1) is 21.6. The van der Waals surface area contributed by atoms with Crippen molar-refractivity contribution < 1.29 is 22.7 Å². The highest BCUT2D eigenvalue weighted by molar-refractivity contribution is 5.97. The van der Waals surface area contributed by atoms with Crippen LogP contribution in [0.2, 0.25) is 0 Å². The Morgan fingerprint density at radius 3 is 2.79 bits per heavy atom. The molecule has 0 spiro atoms. The van der Waals surface area contributed by atoms with Crippen molar-refractivity contribution >= 4 is 28.4 Å². The van der Waals surface area contributed by atoms with Crippen LogP contribution in [0.5, 0.6) is 0 Å². The minimum atomic E-state index is -4.40. The van der Waals surface area contributed by atoms with E-state index in [1.807, 2.05) is 0 Å². The average Bonchev–Trinajstić information content (AvgIpc) is 2.82. The van der Waals surface area contributed by atoms with Gasteiger partial charge in [0.2, 0.25) is 0 Å². The number of nitrogens with zero attached hydrogens (tertiary/aromatic N) is 4. The quantitative estimate of drug-likeness (QED) is 0.597. The molecule has 0 aliphatic carbocycles. The molecule has 4 heterocycles. The van der Waals surface area contributed by atoms with Crippen molar-refractivity contribution in [1.82, 2.24) is 15.0 Å². The summed E-state index contributed by atoms with van der Waals surface area (Å²) in [6.45, 7) is 1.01. The molecule has 3 aromatic rings. The third-order valence-corrected chi connectivity index (χ3v) is 5.98. The topological polar surface area (TPSA) is 80.2 Å². The molecule has 1 amide bonds. The van der Waals surface area contributed by atoms with Gasteiger partial charge in [-0.05, 0) is 42.5 Å². The van der Waals surface area contributed by atoms with Crippen LogP contribution in [0.4, 0.5) is 24.8 Å². The zero-order valence-corrected chi connectivity index (χ0v) is 17.8. The van der Waals surface area contributed by atoms with E-state index in [4.69, 9.17) is 4.74 Å². The van der Waals surface area contributed by atoms with Crippen LogP contribution >= 0.6 is 0 Å². The third kappa shape index (κ3) is 4.35. The molecule has 10 heteroatoms. The van der Waals surface area contributed by atoms with Crippen molar-refractivity contribution in [2.24, 2.45) is 0 Å². The highest BCUT2D eigenvalue weighted by Gasteiger charge is 2.34. The number of hydrogen-bond acceptors (Lipinski definition) is 6. The van der Waals surface area contributed by atoms with Crippen LogP contribution < -0.4 is 10.2 Å². The number of carbonyl (C=O) groups excluding carboxylic acids is 1. The van der Waals surface area contributed by atoms with Crippen molar-refractivity contribution in [3.8, 4) is 0 Å². The summed E-state index contributed by atoms with van der Waals surface area (Å²) in [6, 6.07) is 6.06. The number of aromatic nitrogens is 3. The predicted molar refractivity (Wildman–Crippen MR) is 116 cm³/mol. The number of pyridine rings is 1. The van der Waals surface area contributed by atoms with E-state index in [0.717, 1.165) is 6.07 Å². The Bertz CT molecular complexity index is 1210. The number of anilines is 2. The molecule has 33 heavy (non-hydrogen) atoms. The van der Waals surface area contributed by atoms with E-state index in [1.54, 1.807) is 23.2 Å². The highest BCUT2D eigenvalue weighted by Crippen LogP contribution is 2.35. The molecule has 0 radical (unpaired) electrons. The van der Waals surface area contributed by atoms with Gasteiger partial charge in [-0.15, -0.1) is 0 Å². The molecule has 1 saturated heterocycles. The molecule has 1 fully saturated rings. The Morgan fingerprint density at radius 1 is 1.12 bits per heavy atom. The third-order valence-electron chi connectivity index (χ3n) is 5.98. The number of carbonyl (C=O) groups is 1. The number of benzene rings is 1. The molecule has 0 saturated carbocycles.